The second-order valence-corrected chi connectivity index (χ2v) is 6.39. The van der Waals surface area contributed by atoms with Gasteiger partial charge in [0.15, 0.2) is 0 Å². The zero-order valence-electron chi connectivity index (χ0n) is 12.1. The number of likely N-dealkylation sites (tertiary alicyclic amines) is 1. The third-order valence-corrected chi connectivity index (χ3v) is 4.88. The summed E-state index contributed by atoms with van der Waals surface area (Å²) in [5.74, 6) is -0.133. The van der Waals surface area contributed by atoms with Crippen molar-refractivity contribution in [2.24, 2.45) is 0 Å². The van der Waals surface area contributed by atoms with Gasteiger partial charge in [-0.05, 0) is 12.5 Å². The Hall–Kier alpha value is -2.15. The highest BCUT2D eigenvalue weighted by Gasteiger charge is 2.22. The molecule has 22 heavy (non-hydrogen) atoms. The fourth-order valence-electron chi connectivity index (χ4n) is 2.58. The van der Waals surface area contributed by atoms with E-state index in [0.29, 0.717) is 36.5 Å². The molecule has 2 aromatic rings. The van der Waals surface area contributed by atoms with Gasteiger partial charge in [0.1, 0.15) is 4.70 Å². The predicted molar refractivity (Wildman–Crippen MR) is 83.3 cm³/mol. The fraction of sp³-hybridized carbons (Fsp3) is 0.400. The maximum atomic E-state index is 12.1. The Morgan fingerprint density at radius 1 is 1.41 bits per heavy atom. The van der Waals surface area contributed by atoms with E-state index >= 15 is 0 Å². The molecule has 1 fully saturated rings. The standard InChI is InChI=1S/C15H17N3O3S/c19-13(10-17-9-3-6-14(17)20)16-8-7-15-18(21)11-4-1-2-5-12(11)22-15/h1-2,4-5H,3,6-10H2,(H,16,19). The van der Waals surface area contributed by atoms with Crippen LogP contribution in [0.3, 0.4) is 0 Å². The van der Waals surface area contributed by atoms with Crippen molar-refractivity contribution in [2.45, 2.75) is 19.3 Å². The summed E-state index contributed by atoms with van der Waals surface area (Å²) in [6.07, 6.45) is 1.85. The largest absolute Gasteiger partial charge is 0.617 e. The molecule has 0 spiro atoms. The Balaban J connectivity index is 1.52. The number of aromatic nitrogens is 1. The number of hydrogen-bond acceptors (Lipinski definition) is 4. The van der Waals surface area contributed by atoms with Crippen LogP contribution in [0.2, 0.25) is 0 Å². The highest BCUT2D eigenvalue weighted by atomic mass is 32.1. The smallest absolute Gasteiger partial charge is 0.251 e. The maximum absolute atomic E-state index is 12.1. The van der Waals surface area contributed by atoms with E-state index in [9.17, 15) is 14.8 Å². The van der Waals surface area contributed by atoms with Gasteiger partial charge in [0.2, 0.25) is 17.3 Å². The molecule has 0 radical (unpaired) electrons. The van der Waals surface area contributed by atoms with Crippen LogP contribution in [-0.4, -0.2) is 36.3 Å². The number of benzene rings is 1. The highest BCUT2D eigenvalue weighted by molar-refractivity contribution is 7.18. The summed E-state index contributed by atoms with van der Waals surface area (Å²) in [5.41, 5.74) is 0.663. The molecule has 6 nitrogen and oxygen atoms in total. The molecule has 0 atom stereocenters. The molecule has 1 N–H and O–H groups in total. The molecule has 1 aliphatic heterocycles. The quantitative estimate of drug-likeness (QED) is 0.655. The summed E-state index contributed by atoms with van der Waals surface area (Å²) < 4.78 is 1.87. The molecule has 3 rings (SSSR count). The number of nitrogens with one attached hydrogen (secondary N) is 1. The lowest BCUT2D eigenvalue weighted by atomic mass is 10.3. The summed E-state index contributed by atoms with van der Waals surface area (Å²) >= 11 is 1.44. The van der Waals surface area contributed by atoms with Crippen LogP contribution in [0.1, 0.15) is 17.8 Å². The van der Waals surface area contributed by atoms with Gasteiger partial charge in [-0.1, -0.05) is 23.5 Å². The molecule has 1 aromatic heterocycles. The molecule has 2 heterocycles. The van der Waals surface area contributed by atoms with E-state index in [2.05, 4.69) is 5.32 Å². The second kappa shape index (κ2) is 6.31. The molecule has 0 saturated carbocycles. The van der Waals surface area contributed by atoms with Crippen molar-refractivity contribution >= 4 is 33.4 Å². The number of para-hydroxylation sites is 1. The van der Waals surface area contributed by atoms with Crippen molar-refractivity contribution in [3.05, 3.63) is 34.5 Å². The molecule has 1 aliphatic rings. The zero-order valence-corrected chi connectivity index (χ0v) is 12.9. The molecule has 1 aromatic carbocycles. The molecule has 116 valence electrons. The highest BCUT2D eigenvalue weighted by Crippen LogP contribution is 2.19. The zero-order chi connectivity index (χ0) is 15.5. The van der Waals surface area contributed by atoms with Crippen LogP contribution in [0.5, 0.6) is 0 Å². The Bertz CT molecular complexity index is 713. The molecule has 0 bridgehead atoms. The van der Waals surface area contributed by atoms with E-state index < -0.39 is 0 Å². The minimum absolute atomic E-state index is 0.0389. The molecule has 0 unspecified atom stereocenters. The summed E-state index contributed by atoms with van der Waals surface area (Å²) in [4.78, 5) is 24.8. The van der Waals surface area contributed by atoms with Crippen LogP contribution in [-0.2, 0) is 16.0 Å². The minimum atomic E-state index is -0.172. The molecule has 1 saturated heterocycles. The Labute approximate surface area is 131 Å². The number of fused-ring (bicyclic) bond motifs is 1. The third kappa shape index (κ3) is 3.04. The summed E-state index contributed by atoms with van der Waals surface area (Å²) in [6.45, 7) is 1.17. The number of thiazole rings is 1. The minimum Gasteiger partial charge on any atom is -0.617 e. The lowest BCUT2D eigenvalue weighted by Gasteiger charge is -2.14. The van der Waals surface area contributed by atoms with Gasteiger partial charge in [-0.2, -0.15) is 4.73 Å². The summed E-state index contributed by atoms with van der Waals surface area (Å²) in [6, 6.07) is 7.44. The van der Waals surface area contributed by atoms with Crippen LogP contribution in [0.4, 0.5) is 0 Å². The van der Waals surface area contributed by atoms with Gasteiger partial charge in [0.05, 0.1) is 13.0 Å². The summed E-state index contributed by atoms with van der Waals surface area (Å²) in [5, 5.41) is 15.5. The molecular formula is C15H17N3O3S. The SMILES string of the molecule is O=C(CN1CCCC1=O)NCCc1sc2ccccc2[n+]1[O-]. The van der Waals surface area contributed by atoms with Crippen molar-refractivity contribution in [2.75, 3.05) is 19.6 Å². The van der Waals surface area contributed by atoms with Gasteiger partial charge < -0.3 is 15.4 Å². The van der Waals surface area contributed by atoms with Gasteiger partial charge in [0.25, 0.3) is 5.01 Å². The number of carbonyl (C=O) groups is 2. The van der Waals surface area contributed by atoms with Crippen LogP contribution >= 0.6 is 11.3 Å². The van der Waals surface area contributed by atoms with Gasteiger partial charge in [-0.25, -0.2) is 0 Å². The first-order chi connectivity index (χ1) is 10.6. The lowest BCUT2D eigenvalue weighted by molar-refractivity contribution is -0.580. The van der Waals surface area contributed by atoms with E-state index in [1.54, 1.807) is 11.0 Å². The summed E-state index contributed by atoms with van der Waals surface area (Å²) in [7, 11) is 0. The monoisotopic (exact) mass is 319 g/mol. The second-order valence-electron chi connectivity index (χ2n) is 5.28. The maximum Gasteiger partial charge on any atom is 0.251 e. The number of hydrogen-bond donors (Lipinski definition) is 1. The average Bonchev–Trinajstić information content (AvgIpc) is 3.04. The first-order valence-electron chi connectivity index (χ1n) is 7.29. The van der Waals surface area contributed by atoms with Gasteiger partial charge >= 0.3 is 0 Å². The average molecular weight is 319 g/mol. The van der Waals surface area contributed by atoms with E-state index in [0.717, 1.165) is 15.9 Å². The van der Waals surface area contributed by atoms with E-state index in [4.69, 9.17) is 0 Å². The number of carbonyl (C=O) groups excluding carboxylic acids is 2. The van der Waals surface area contributed by atoms with Crippen molar-refractivity contribution in [3.63, 3.8) is 0 Å². The van der Waals surface area contributed by atoms with Gasteiger partial charge in [0, 0.05) is 25.6 Å². The Kier molecular flexibility index (Phi) is 4.24. The van der Waals surface area contributed by atoms with Crippen LogP contribution in [0.15, 0.2) is 24.3 Å². The first-order valence-corrected chi connectivity index (χ1v) is 8.11. The van der Waals surface area contributed by atoms with Gasteiger partial charge in [-0.15, -0.1) is 0 Å². The van der Waals surface area contributed by atoms with E-state index in [1.807, 2.05) is 18.2 Å². The topological polar surface area (TPSA) is 76.4 Å². The van der Waals surface area contributed by atoms with Crippen molar-refractivity contribution in [1.29, 1.82) is 0 Å². The van der Waals surface area contributed by atoms with Gasteiger partial charge in [-0.3, -0.25) is 9.59 Å². The van der Waals surface area contributed by atoms with Crippen molar-refractivity contribution < 1.29 is 14.3 Å². The first kappa shape index (κ1) is 14.8. The third-order valence-electron chi connectivity index (χ3n) is 3.71. The number of rotatable bonds is 5. The van der Waals surface area contributed by atoms with E-state index in [1.165, 1.54) is 11.3 Å². The van der Waals surface area contributed by atoms with E-state index in [-0.39, 0.29) is 18.4 Å². The Morgan fingerprint density at radius 3 is 2.95 bits per heavy atom. The normalized spacial score (nSPS) is 14.7. The molecule has 7 heteroatoms. The van der Waals surface area contributed by atoms with Crippen LogP contribution in [0, 0.1) is 5.21 Å². The molecule has 0 aliphatic carbocycles. The fourth-order valence-corrected chi connectivity index (χ4v) is 3.62. The number of nitrogens with zero attached hydrogens (tertiary/aromatic N) is 2. The van der Waals surface area contributed by atoms with Crippen molar-refractivity contribution in [1.82, 2.24) is 10.2 Å². The molecule has 2 amide bonds. The lowest BCUT2D eigenvalue weighted by Crippen LogP contribution is -2.39. The Morgan fingerprint density at radius 2 is 2.23 bits per heavy atom. The van der Waals surface area contributed by atoms with Crippen molar-refractivity contribution in [3.8, 4) is 0 Å². The number of amides is 2. The van der Waals surface area contributed by atoms with Crippen LogP contribution in [0.25, 0.3) is 10.2 Å². The molecular weight excluding hydrogens is 302 g/mol. The predicted octanol–water partition coefficient (Wildman–Crippen LogP) is 0.816. The van der Waals surface area contributed by atoms with Crippen LogP contribution < -0.4 is 10.0 Å².